The number of benzene rings is 3. The number of amides is 4. The first-order valence-electron chi connectivity index (χ1n) is 11.0. The van der Waals surface area contributed by atoms with Crippen molar-refractivity contribution in [1.29, 1.82) is 0 Å². The van der Waals surface area contributed by atoms with E-state index in [4.69, 9.17) is 11.5 Å². The van der Waals surface area contributed by atoms with Crippen molar-refractivity contribution in [2.45, 2.75) is 24.9 Å². The minimum absolute atomic E-state index is 0.0331. The van der Waals surface area contributed by atoms with Gasteiger partial charge in [0.25, 0.3) is 0 Å². The van der Waals surface area contributed by atoms with Crippen LogP contribution in [0.3, 0.4) is 0 Å². The molecule has 0 aliphatic heterocycles. The van der Waals surface area contributed by atoms with E-state index in [0.29, 0.717) is 11.1 Å². The fourth-order valence-corrected chi connectivity index (χ4v) is 3.97. The van der Waals surface area contributed by atoms with E-state index in [1.54, 1.807) is 60.7 Å². The first-order valence-corrected chi connectivity index (χ1v) is 11.0. The molecule has 0 unspecified atom stereocenters. The van der Waals surface area contributed by atoms with Crippen LogP contribution in [0.2, 0.25) is 0 Å². The first-order chi connectivity index (χ1) is 17.2. The molecule has 36 heavy (non-hydrogen) atoms. The van der Waals surface area contributed by atoms with E-state index in [2.05, 4.69) is 0 Å². The van der Waals surface area contributed by atoms with Gasteiger partial charge in [-0.2, -0.15) is 0 Å². The lowest BCUT2D eigenvalue weighted by Gasteiger charge is -2.31. The van der Waals surface area contributed by atoms with Crippen LogP contribution >= 0.6 is 0 Å². The number of aliphatic carboxylic acids is 2. The topological polar surface area (TPSA) is 167 Å². The van der Waals surface area contributed by atoms with Gasteiger partial charge in [-0.15, -0.1) is 0 Å². The van der Waals surface area contributed by atoms with Crippen LogP contribution in [0.4, 0.5) is 21.0 Å². The minimum atomic E-state index is -1.36. The van der Waals surface area contributed by atoms with E-state index < -0.39 is 36.1 Å². The third-order valence-corrected chi connectivity index (χ3v) is 5.60. The molecule has 3 rings (SSSR count). The van der Waals surface area contributed by atoms with Gasteiger partial charge in [-0.25, -0.2) is 19.2 Å². The molecule has 0 saturated carbocycles. The summed E-state index contributed by atoms with van der Waals surface area (Å²) in [6.07, 6.45) is -0.0662. The summed E-state index contributed by atoms with van der Waals surface area (Å²) in [7, 11) is 0. The lowest BCUT2D eigenvalue weighted by Crippen LogP contribution is -2.50. The van der Waals surface area contributed by atoms with Crippen LogP contribution < -0.4 is 21.3 Å². The summed E-state index contributed by atoms with van der Waals surface area (Å²) in [6.45, 7) is 0. The van der Waals surface area contributed by atoms with Crippen molar-refractivity contribution >= 4 is 35.4 Å². The monoisotopic (exact) mass is 490 g/mol. The lowest BCUT2D eigenvalue weighted by atomic mass is 10.0. The van der Waals surface area contributed by atoms with Crippen molar-refractivity contribution in [2.75, 3.05) is 9.80 Å². The summed E-state index contributed by atoms with van der Waals surface area (Å²) < 4.78 is 0. The van der Waals surface area contributed by atoms with Gasteiger partial charge in [0.1, 0.15) is 12.1 Å². The van der Waals surface area contributed by atoms with Gasteiger partial charge in [0, 0.05) is 24.2 Å². The van der Waals surface area contributed by atoms with Gasteiger partial charge in [-0.05, 0) is 29.3 Å². The molecule has 2 atom stereocenters. The summed E-state index contributed by atoms with van der Waals surface area (Å²) in [5.74, 6) is -2.58. The van der Waals surface area contributed by atoms with Gasteiger partial charge in [-0.3, -0.25) is 9.80 Å². The van der Waals surface area contributed by atoms with Crippen LogP contribution in [-0.4, -0.2) is 46.3 Å². The Morgan fingerprint density at radius 3 is 1.28 bits per heavy atom. The number of primary amides is 2. The summed E-state index contributed by atoms with van der Waals surface area (Å²) in [5.41, 5.74) is 12.6. The molecule has 0 saturated heterocycles. The molecule has 0 radical (unpaired) electrons. The molecule has 0 aliphatic carbocycles. The average Bonchev–Trinajstić information content (AvgIpc) is 2.84. The van der Waals surface area contributed by atoms with Crippen molar-refractivity contribution in [3.05, 3.63) is 96.1 Å². The minimum Gasteiger partial charge on any atom is -0.480 e. The highest BCUT2D eigenvalue weighted by Crippen LogP contribution is 2.28. The Kier molecular flexibility index (Phi) is 8.24. The Bertz CT molecular complexity index is 1140. The number of carboxylic acid groups (broad SMARTS) is 2. The molecule has 0 fully saturated rings. The second-order valence-corrected chi connectivity index (χ2v) is 8.02. The predicted octanol–water partition coefficient (Wildman–Crippen LogP) is 2.85. The molecule has 3 aromatic carbocycles. The van der Waals surface area contributed by atoms with E-state index in [1.807, 2.05) is 0 Å². The Balaban J connectivity index is 2.02. The molecule has 186 valence electrons. The number of rotatable bonds is 10. The summed E-state index contributed by atoms with van der Waals surface area (Å²) in [6, 6.07) is 18.3. The van der Waals surface area contributed by atoms with Gasteiger partial charge in [-0.1, -0.05) is 66.7 Å². The maximum Gasteiger partial charge on any atom is 0.327 e. The van der Waals surface area contributed by atoms with Crippen LogP contribution in [0.15, 0.2) is 84.9 Å². The van der Waals surface area contributed by atoms with Crippen molar-refractivity contribution in [3.8, 4) is 0 Å². The number of anilines is 2. The maximum atomic E-state index is 12.4. The van der Waals surface area contributed by atoms with Crippen LogP contribution in [0.25, 0.3) is 0 Å². The fraction of sp³-hybridized carbons (Fsp3) is 0.154. The molecule has 10 heteroatoms. The number of carboxylic acids is 2. The Hall–Kier alpha value is -4.86. The number of carbonyl (C=O) groups is 4. The molecular formula is C26H26N4O6. The molecule has 3 aromatic rings. The van der Waals surface area contributed by atoms with Crippen LogP contribution in [0.5, 0.6) is 0 Å². The van der Waals surface area contributed by atoms with Crippen LogP contribution in [0, 0.1) is 0 Å². The summed E-state index contributed by atoms with van der Waals surface area (Å²) in [4.78, 5) is 50.9. The molecule has 0 bridgehead atoms. The lowest BCUT2D eigenvalue weighted by molar-refractivity contribution is -0.139. The SMILES string of the molecule is NC(=O)N(c1cccc(N(C(N)=O)[C@@H](Cc2ccccc2)C(=O)O)c1)[C@@H](Cc1ccccc1)C(=O)O. The predicted molar refractivity (Wildman–Crippen MR) is 134 cm³/mol. The number of hydrogen-bond acceptors (Lipinski definition) is 4. The number of nitrogens with zero attached hydrogens (tertiary/aromatic N) is 2. The normalized spacial score (nSPS) is 12.2. The highest BCUT2D eigenvalue weighted by Gasteiger charge is 2.33. The van der Waals surface area contributed by atoms with E-state index in [0.717, 1.165) is 9.80 Å². The van der Waals surface area contributed by atoms with Gasteiger partial charge in [0.05, 0.1) is 0 Å². The Morgan fingerprint density at radius 1 is 0.611 bits per heavy atom. The van der Waals surface area contributed by atoms with E-state index in [9.17, 15) is 29.4 Å². The average molecular weight is 491 g/mol. The molecule has 0 spiro atoms. The Labute approximate surface area is 207 Å². The summed E-state index contributed by atoms with van der Waals surface area (Å²) in [5, 5.41) is 19.8. The second kappa shape index (κ2) is 11.5. The van der Waals surface area contributed by atoms with Gasteiger partial charge in [0.2, 0.25) is 0 Å². The number of nitrogens with two attached hydrogens (primary N) is 2. The molecule has 10 nitrogen and oxygen atoms in total. The van der Waals surface area contributed by atoms with Crippen LogP contribution in [0.1, 0.15) is 11.1 Å². The highest BCUT2D eigenvalue weighted by molar-refractivity contribution is 6.00. The number of urea groups is 2. The summed E-state index contributed by atoms with van der Waals surface area (Å²) >= 11 is 0. The maximum absolute atomic E-state index is 12.4. The zero-order chi connectivity index (χ0) is 26.2. The fourth-order valence-electron chi connectivity index (χ4n) is 3.97. The van der Waals surface area contributed by atoms with Crippen molar-refractivity contribution < 1.29 is 29.4 Å². The van der Waals surface area contributed by atoms with Crippen molar-refractivity contribution in [3.63, 3.8) is 0 Å². The zero-order valence-corrected chi connectivity index (χ0v) is 19.2. The largest absolute Gasteiger partial charge is 0.480 e. The van der Waals surface area contributed by atoms with Crippen LogP contribution in [-0.2, 0) is 22.4 Å². The molecule has 0 aliphatic rings. The van der Waals surface area contributed by atoms with E-state index in [-0.39, 0.29) is 24.2 Å². The van der Waals surface area contributed by atoms with Gasteiger partial charge in [0.15, 0.2) is 0 Å². The Morgan fingerprint density at radius 2 is 0.972 bits per heavy atom. The molecule has 6 N–H and O–H groups in total. The quantitative estimate of drug-likeness (QED) is 0.341. The van der Waals surface area contributed by atoms with Crippen molar-refractivity contribution in [2.24, 2.45) is 11.5 Å². The van der Waals surface area contributed by atoms with E-state index in [1.165, 1.54) is 24.3 Å². The zero-order valence-electron chi connectivity index (χ0n) is 19.2. The second-order valence-electron chi connectivity index (χ2n) is 8.02. The number of hydrogen-bond donors (Lipinski definition) is 4. The smallest absolute Gasteiger partial charge is 0.327 e. The third kappa shape index (κ3) is 6.17. The van der Waals surface area contributed by atoms with Crippen molar-refractivity contribution in [1.82, 2.24) is 0 Å². The molecule has 4 amide bonds. The number of carbonyl (C=O) groups excluding carboxylic acids is 2. The molecule has 0 aromatic heterocycles. The standard InChI is InChI=1S/C26H26N4O6/c27-25(35)29(21(23(31)32)14-17-8-3-1-4-9-17)19-12-7-13-20(16-19)30(26(28)36)22(24(33)34)15-18-10-5-2-6-11-18/h1-13,16,21-22H,14-15H2,(H2,27,35)(H2,28,36)(H,31,32)(H,33,34)/t21-,22-/m0/s1. The van der Waals surface area contributed by atoms with Gasteiger partial charge >= 0.3 is 24.0 Å². The molecular weight excluding hydrogens is 464 g/mol. The highest BCUT2D eigenvalue weighted by atomic mass is 16.4. The van der Waals surface area contributed by atoms with E-state index >= 15 is 0 Å². The van der Waals surface area contributed by atoms with Gasteiger partial charge < -0.3 is 21.7 Å². The third-order valence-electron chi connectivity index (χ3n) is 5.60. The first kappa shape index (κ1) is 25.8. The molecule has 0 heterocycles.